The predicted octanol–water partition coefficient (Wildman–Crippen LogP) is 6.44. The van der Waals surface area contributed by atoms with E-state index in [0.717, 1.165) is 43.5 Å². The molecule has 1 amide bonds. The standard InChI is InChI=1S/C40H32NO11/c42-30-16-21-47-36(33(30)50-24-27-10-4-1-5-11-27)40(19-20-41-39(45)46,37-34(31(43)17-22-48-37)51-25-28-12-6-2-7-13-28)38-35(32(44)18-23-49-38)52-26-29-14-8-3-9-15-29/h1-18,20-23,41H,19,24-26H2,(H,45,46). The molecule has 3 aromatic carbocycles. The molecule has 0 bridgehead atoms. The topological polar surface area (TPSA) is 168 Å². The van der Waals surface area contributed by atoms with Crippen LogP contribution in [0.3, 0.4) is 0 Å². The van der Waals surface area contributed by atoms with Gasteiger partial charge in [0.2, 0.25) is 33.5 Å². The van der Waals surface area contributed by atoms with Gasteiger partial charge in [0.15, 0.2) is 22.7 Å². The Morgan fingerprint density at radius 2 is 0.885 bits per heavy atom. The summed E-state index contributed by atoms with van der Waals surface area (Å²) in [6.07, 6.45) is 1.41. The molecule has 0 atom stereocenters. The first kappa shape index (κ1) is 35.0. The van der Waals surface area contributed by atoms with Crippen LogP contribution in [0.1, 0.15) is 40.4 Å². The molecule has 2 N–H and O–H groups in total. The van der Waals surface area contributed by atoms with Crippen LogP contribution in [-0.2, 0) is 25.2 Å². The zero-order valence-corrected chi connectivity index (χ0v) is 27.6. The molecule has 12 nitrogen and oxygen atoms in total. The highest BCUT2D eigenvalue weighted by Crippen LogP contribution is 2.50. The van der Waals surface area contributed by atoms with E-state index in [-0.39, 0.29) is 54.3 Å². The van der Waals surface area contributed by atoms with Gasteiger partial charge in [0.1, 0.15) is 19.8 Å². The van der Waals surface area contributed by atoms with Crippen LogP contribution in [0.15, 0.2) is 156 Å². The van der Waals surface area contributed by atoms with Gasteiger partial charge in [-0.15, -0.1) is 0 Å². The van der Waals surface area contributed by atoms with Crippen molar-refractivity contribution in [3.8, 4) is 17.2 Å². The van der Waals surface area contributed by atoms with Crippen LogP contribution in [0, 0.1) is 6.54 Å². The highest BCUT2D eigenvalue weighted by molar-refractivity contribution is 5.65. The molecule has 12 heteroatoms. The SMILES string of the molecule is O=C(O)N[CH]CC(c1occc(=O)c1OCc1ccccc1)(c1occc(=O)c1OCc1ccccc1)c1occc(=O)c1OCc1ccccc1. The van der Waals surface area contributed by atoms with Crippen molar-refractivity contribution in [1.29, 1.82) is 0 Å². The van der Waals surface area contributed by atoms with Crippen LogP contribution in [0.4, 0.5) is 4.79 Å². The van der Waals surface area contributed by atoms with Gasteiger partial charge in [0.25, 0.3) is 0 Å². The van der Waals surface area contributed by atoms with Gasteiger partial charge in [0.05, 0.1) is 25.3 Å². The second-order valence-electron chi connectivity index (χ2n) is 11.4. The summed E-state index contributed by atoms with van der Waals surface area (Å²) >= 11 is 0. The van der Waals surface area contributed by atoms with Crippen LogP contribution in [0.2, 0.25) is 0 Å². The summed E-state index contributed by atoms with van der Waals surface area (Å²) < 4.78 is 36.8. The molecule has 3 heterocycles. The lowest BCUT2D eigenvalue weighted by atomic mass is 9.74. The van der Waals surface area contributed by atoms with Gasteiger partial charge in [0, 0.05) is 18.2 Å². The molecule has 0 aliphatic rings. The van der Waals surface area contributed by atoms with Crippen molar-refractivity contribution in [3.05, 3.63) is 199 Å². The molecular weight excluding hydrogens is 670 g/mol. The molecular formula is C40H32NO11. The van der Waals surface area contributed by atoms with Crippen molar-refractivity contribution in [2.75, 3.05) is 0 Å². The van der Waals surface area contributed by atoms with E-state index in [1.54, 1.807) is 72.8 Å². The maximum absolute atomic E-state index is 13.7. The first-order chi connectivity index (χ1) is 25.4. The van der Waals surface area contributed by atoms with Crippen LogP contribution in [-0.4, -0.2) is 11.2 Å². The van der Waals surface area contributed by atoms with E-state index in [9.17, 15) is 24.3 Å². The van der Waals surface area contributed by atoms with Crippen LogP contribution < -0.4 is 35.8 Å². The van der Waals surface area contributed by atoms with Crippen molar-refractivity contribution < 1.29 is 37.4 Å². The van der Waals surface area contributed by atoms with Crippen molar-refractivity contribution in [3.63, 3.8) is 0 Å². The Kier molecular flexibility index (Phi) is 10.9. The summed E-state index contributed by atoms with van der Waals surface area (Å²) in [5.41, 5.74) is -1.95. The number of amides is 1. The third-order valence-electron chi connectivity index (χ3n) is 7.98. The molecule has 0 saturated carbocycles. The summed E-state index contributed by atoms with van der Waals surface area (Å²) in [5, 5.41) is 11.8. The first-order valence-corrected chi connectivity index (χ1v) is 16.0. The Balaban J connectivity index is 1.63. The van der Waals surface area contributed by atoms with E-state index >= 15 is 0 Å². The highest BCUT2D eigenvalue weighted by atomic mass is 16.5. The number of hydrogen-bond acceptors (Lipinski definition) is 10. The first-order valence-electron chi connectivity index (χ1n) is 16.0. The Morgan fingerprint density at radius 1 is 0.558 bits per heavy atom. The minimum atomic E-state index is -2.16. The van der Waals surface area contributed by atoms with Crippen molar-refractivity contribution in [2.45, 2.75) is 31.7 Å². The summed E-state index contributed by atoms with van der Waals surface area (Å²) in [5.74, 6) is -1.89. The molecule has 0 saturated heterocycles. The average Bonchev–Trinajstić information content (AvgIpc) is 3.16. The molecule has 52 heavy (non-hydrogen) atoms. The number of nitrogens with one attached hydrogen (secondary N) is 1. The number of hydrogen-bond donors (Lipinski definition) is 2. The van der Waals surface area contributed by atoms with Crippen molar-refractivity contribution >= 4 is 6.09 Å². The molecule has 0 fully saturated rings. The van der Waals surface area contributed by atoms with Gasteiger partial charge in [-0.1, -0.05) is 91.0 Å². The molecule has 6 rings (SSSR count). The fourth-order valence-electron chi connectivity index (χ4n) is 5.58. The largest absolute Gasteiger partial charge is 0.482 e. The number of carbonyl (C=O) groups is 1. The molecule has 1 radical (unpaired) electrons. The molecule has 6 aromatic rings. The smallest absolute Gasteiger partial charge is 0.404 e. The van der Waals surface area contributed by atoms with Crippen LogP contribution in [0.25, 0.3) is 0 Å². The Labute approximate surface area is 296 Å². The Morgan fingerprint density at radius 3 is 1.19 bits per heavy atom. The molecule has 0 unspecified atom stereocenters. The van der Waals surface area contributed by atoms with Gasteiger partial charge < -0.3 is 37.9 Å². The summed E-state index contributed by atoms with van der Waals surface area (Å²) in [6, 6.07) is 30.4. The Hall–Kier alpha value is -6.82. The lowest BCUT2D eigenvalue weighted by Crippen LogP contribution is -2.37. The van der Waals surface area contributed by atoms with Crippen LogP contribution in [0.5, 0.6) is 17.2 Å². The Bertz CT molecular complexity index is 2040. The van der Waals surface area contributed by atoms with E-state index in [4.69, 9.17) is 27.5 Å². The van der Waals surface area contributed by atoms with E-state index < -0.39 is 34.2 Å². The summed E-state index contributed by atoms with van der Waals surface area (Å²) in [6.45, 7) is 0.838. The van der Waals surface area contributed by atoms with E-state index in [2.05, 4.69) is 5.32 Å². The lowest BCUT2D eigenvalue weighted by Gasteiger charge is -2.33. The minimum absolute atomic E-state index is 0.0952. The average molecular weight is 703 g/mol. The molecule has 0 aliphatic carbocycles. The lowest BCUT2D eigenvalue weighted by molar-refractivity contribution is 0.193. The zero-order valence-electron chi connectivity index (χ0n) is 27.6. The third-order valence-corrected chi connectivity index (χ3v) is 7.98. The number of rotatable bonds is 15. The maximum Gasteiger partial charge on any atom is 0.404 e. The molecule has 263 valence electrons. The van der Waals surface area contributed by atoms with Crippen molar-refractivity contribution in [2.24, 2.45) is 0 Å². The zero-order chi connectivity index (χ0) is 36.3. The van der Waals surface area contributed by atoms with Gasteiger partial charge in [-0.05, 0) is 23.1 Å². The minimum Gasteiger partial charge on any atom is -0.482 e. The fraction of sp³-hybridized carbons (Fsp3) is 0.125. The fourth-order valence-corrected chi connectivity index (χ4v) is 5.58. The second-order valence-corrected chi connectivity index (χ2v) is 11.4. The number of carboxylic acid groups (broad SMARTS) is 1. The van der Waals surface area contributed by atoms with Crippen LogP contribution >= 0.6 is 0 Å². The van der Waals surface area contributed by atoms with Gasteiger partial charge in [-0.2, -0.15) is 0 Å². The second kappa shape index (κ2) is 16.3. The third kappa shape index (κ3) is 7.81. The summed E-state index contributed by atoms with van der Waals surface area (Å²) in [7, 11) is 0. The highest BCUT2D eigenvalue weighted by Gasteiger charge is 2.52. The predicted molar refractivity (Wildman–Crippen MR) is 187 cm³/mol. The van der Waals surface area contributed by atoms with E-state index in [1.165, 1.54) is 0 Å². The molecule has 3 aromatic heterocycles. The quantitative estimate of drug-likeness (QED) is 0.121. The van der Waals surface area contributed by atoms with Crippen molar-refractivity contribution in [1.82, 2.24) is 5.32 Å². The number of benzene rings is 3. The van der Waals surface area contributed by atoms with E-state index in [0.29, 0.717) is 16.7 Å². The maximum atomic E-state index is 13.7. The van der Waals surface area contributed by atoms with E-state index in [1.807, 2.05) is 18.2 Å². The monoisotopic (exact) mass is 702 g/mol. The van der Waals surface area contributed by atoms with Gasteiger partial charge in [-0.25, -0.2) is 4.79 Å². The van der Waals surface area contributed by atoms with Gasteiger partial charge >= 0.3 is 6.09 Å². The normalized spacial score (nSPS) is 11.1. The molecule has 0 spiro atoms. The molecule has 0 aliphatic heterocycles. The van der Waals surface area contributed by atoms with Gasteiger partial charge in [-0.3, -0.25) is 14.4 Å². The summed E-state index contributed by atoms with van der Waals surface area (Å²) in [4.78, 5) is 53.0. The number of ether oxygens (including phenoxy) is 3.